The van der Waals surface area contributed by atoms with E-state index in [9.17, 15) is 9.18 Å². The number of amides is 2. The monoisotopic (exact) mass is 535 g/mol. The molecule has 1 saturated heterocycles. The predicted molar refractivity (Wildman–Crippen MR) is 153 cm³/mol. The number of hydrogen-bond acceptors (Lipinski definition) is 6. The molecule has 2 N–H and O–H groups in total. The Labute approximate surface area is 230 Å². The number of anilines is 2. The summed E-state index contributed by atoms with van der Waals surface area (Å²) in [7, 11) is 7.22. The van der Waals surface area contributed by atoms with Crippen LogP contribution in [0.25, 0.3) is 0 Å². The van der Waals surface area contributed by atoms with Crippen LogP contribution in [0.2, 0.25) is 0 Å². The molecule has 8 nitrogen and oxygen atoms in total. The summed E-state index contributed by atoms with van der Waals surface area (Å²) in [4.78, 5) is 19.5. The van der Waals surface area contributed by atoms with Gasteiger partial charge in [0.2, 0.25) is 0 Å². The van der Waals surface area contributed by atoms with Gasteiger partial charge >= 0.3 is 6.03 Å². The topological polar surface area (TPSA) is 69.3 Å². The molecule has 0 aliphatic carbocycles. The van der Waals surface area contributed by atoms with Crippen molar-refractivity contribution in [2.75, 3.05) is 70.8 Å². The van der Waals surface area contributed by atoms with Crippen molar-refractivity contribution >= 4 is 17.4 Å². The molecule has 2 amide bonds. The normalized spacial score (nSPS) is 14.4. The van der Waals surface area contributed by atoms with Crippen LogP contribution in [0.4, 0.5) is 20.6 Å². The summed E-state index contributed by atoms with van der Waals surface area (Å²) >= 11 is 0. The number of hydrogen-bond donors (Lipinski definition) is 2. The Bertz CT molecular complexity index is 1210. The number of halogens is 1. The lowest BCUT2D eigenvalue weighted by molar-refractivity contribution is 0.180. The first-order chi connectivity index (χ1) is 18.9. The van der Waals surface area contributed by atoms with Gasteiger partial charge in [0.1, 0.15) is 5.82 Å². The molecule has 3 aromatic rings. The average Bonchev–Trinajstić information content (AvgIpc) is 2.97. The lowest BCUT2D eigenvalue weighted by Gasteiger charge is -2.40. The average molecular weight is 536 g/mol. The minimum absolute atomic E-state index is 0.0170. The number of rotatable bonds is 10. The van der Waals surface area contributed by atoms with Crippen molar-refractivity contribution in [1.29, 1.82) is 0 Å². The molecule has 1 aliphatic rings. The molecular weight excluding hydrogens is 497 g/mol. The molecule has 1 unspecified atom stereocenters. The number of urea groups is 1. The van der Waals surface area contributed by atoms with Crippen LogP contribution in [-0.2, 0) is 6.54 Å². The molecule has 0 saturated carbocycles. The van der Waals surface area contributed by atoms with Gasteiger partial charge in [-0.15, -0.1) is 0 Å². The van der Waals surface area contributed by atoms with Gasteiger partial charge in [0.15, 0.2) is 11.5 Å². The number of ether oxygens (including phenoxy) is 2. The molecule has 39 heavy (non-hydrogen) atoms. The van der Waals surface area contributed by atoms with E-state index >= 15 is 0 Å². The van der Waals surface area contributed by atoms with E-state index in [1.807, 2.05) is 44.4 Å². The van der Waals surface area contributed by atoms with Gasteiger partial charge in [-0.25, -0.2) is 9.18 Å². The van der Waals surface area contributed by atoms with Crippen molar-refractivity contribution in [3.8, 4) is 11.5 Å². The highest BCUT2D eigenvalue weighted by molar-refractivity contribution is 5.74. The van der Waals surface area contributed by atoms with Gasteiger partial charge < -0.3 is 29.9 Å². The molecule has 4 rings (SSSR count). The molecule has 1 heterocycles. The summed E-state index contributed by atoms with van der Waals surface area (Å²) in [6.45, 7) is 4.13. The molecule has 1 fully saturated rings. The van der Waals surface area contributed by atoms with Crippen molar-refractivity contribution in [3.63, 3.8) is 0 Å². The van der Waals surface area contributed by atoms with Crippen LogP contribution in [0.15, 0.2) is 66.7 Å². The molecule has 3 aromatic carbocycles. The van der Waals surface area contributed by atoms with E-state index in [-0.39, 0.29) is 17.9 Å². The SMILES string of the molecule is COc1ccc(CNC(=O)NCC(c2ccc(N(C)C)cc2)N2CCN(c3ccc(F)cc3)CC2)cc1OC. The van der Waals surface area contributed by atoms with Gasteiger partial charge in [0.05, 0.1) is 20.3 Å². The molecular formula is C30H38FN5O3. The van der Waals surface area contributed by atoms with Gasteiger partial charge in [-0.1, -0.05) is 18.2 Å². The van der Waals surface area contributed by atoms with E-state index in [1.165, 1.54) is 12.1 Å². The number of nitrogens with zero attached hydrogens (tertiary/aromatic N) is 3. The molecule has 208 valence electrons. The molecule has 0 spiro atoms. The number of nitrogens with one attached hydrogen (secondary N) is 2. The summed E-state index contributed by atoms with van der Waals surface area (Å²) in [6.07, 6.45) is 0. The predicted octanol–water partition coefficient (Wildman–Crippen LogP) is 4.27. The summed E-state index contributed by atoms with van der Waals surface area (Å²) in [5.74, 6) is 1.04. The van der Waals surface area contributed by atoms with Crippen LogP contribution >= 0.6 is 0 Å². The van der Waals surface area contributed by atoms with Crippen LogP contribution in [0, 0.1) is 5.82 Å². The maximum atomic E-state index is 13.4. The highest BCUT2D eigenvalue weighted by Crippen LogP contribution is 2.28. The zero-order valence-corrected chi connectivity index (χ0v) is 23.1. The third-order valence-electron chi connectivity index (χ3n) is 7.10. The lowest BCUT2D eigenvalue weighted by Crippen LogP contribution is -2.50. The van der Waals surface area contributed by atoms with Crippen molar-refractivity contribution in [3.05, 3.63) is 83.7 Å². The Hall–Kier alpha value is -3.98. The fourth-order valence-corrected chi connectivity index (χ4v) is 4.82. The van der Waals surface area contributed by atoms with Crippen molar-refractivity contribution in [1.82, 2.24) is 15.5 Å². The molecule has 0 radical (unpaired) electrons. The number of carbonyl (C=O) groups is 1. The summed E-state index contributed by atoms with van der Waals surface area (Å²) in [5, 5.41) is 6.02. The first kappa shape index (κ1) is 28.0. The van der Waals surface area contributed by atoms with E-state index in [0.717, 1.165) is 48.7 Å². The molecule has 0 bridgehead atoms. The quantitative estimate of drug-likeness (QED) is 0.404. The minimum Gasteiger partial charge on any atom is -0.493 e. The minimum atomic E-state index is -0.232. The zero-order chi connectivity index (χ0) is 27.8. The second-order valence-electron chi connectivity index (χ2n) is 9.75. The molecule has 1 aliphatic heterocycles. The van der Waals surface area contributed by atoms with Crippen LogP contribution < -0.4 is 29.9 Å². The third kappa shape index (κ3) is 7.32. The van der Waals surface area contributed by atoms with E-state index in [2.05, 4.69) is 49.6 Å². The van der Waals surface area contributed by atoms with Crippen molar-refractivity contribution in [2.24, 2.45) is 0 Å². The van der Waals surface area contributed by atoms with Crippen molar-refractivity contribution in [2.45, 2.75) is 12.6 Å². The van der Waals surface area contributed by atoms with Crippen LogP contribution in [0.1, 0.15) is 17.2 Å². The Morgan fingerprint density at radius 3 is 2.18 bits per heavy atom. The van der Waals surface area contributed by atoms with E-state index < -0.39 is 0 Å². The van der Waals surface area contributed by atoms with E-state index in [0.29, 0.717) is 24.6 Å². The van der Waals surface area contributed by atoms with Crippen LogP contribution in [0.3, 0.4) is 0 Å². The first-order valence-corrected chi connectivity index (χ1v) is 13.1. The Morgan fingerprint density at radius 2 is 1.56 bits per heavy atom. The second-order valence-corrected chi connectivity index (χ2v) is 9.75. The summed E-state index contributed by atoms with van der Waals surface area (Å²) in [5.41, 5.74) is 4.21. The van der Waals surface area contributed by atoms with E-state index in [4.69, 9.17) is 9.47 Å². The summed E-state index contributed by atoms with van der Waals surface area (Å²) in [6, 6.07) is 20.5. The maximum Gasteiger partial charge on any atom is 0.315 e. The number of benzene rings is 3. The van der Waals surface area contributed by atoms with Gasteiger partial charge in [-0.2, -0.15) is 0 Å². The summed E-state index contributed by atoms with van der Waals surface area (Å²) < 4.78 is 24.0. The molecule has 1 atom stereocenters. The fraction of sp³-hybridized carbons (Fsp3) is 0.367. The Kier molecular flexibility index (Phi) is 9.49. The first-order valence-electron chi connectivity index (χ1n) is 13.1. The zero-order valence-electron chi connectivity index (χ0n) is 23.1. The smallest absolute Gasteiger partial charge is 0.315 e. The molecule has 9 heteroatoms. The van der Waals surface area contributed by atoms with E-state index in [1.54, 1.807) is 14.2 Å². The fourth-order valence-electron chi connectivity index (χ4n) is 4.82. The number of methoxy groups -OCH3 is 2. The third-order valence-corrected chi connectivity index (χ3v) is 7.10. The number of piperazine rings is 1. The standard InChI is InChI=1S/C30H38FN5O3/c1-34(2)25-10-6-23(7-11-25)27(36-17-15-35(16-18-36)26-12-8-24(31)9-13-26)21-33-30(37)32-20-22-5-14-28(38-3)29(19-22)39-4/h5-14,19,27H,15-18,20-21H2,1-4H3,(H2,32,33,37). The Morgan fingerprint density at radius 1 is 0.897 bits per heavy atom. The second kappa shape index (κ2) is 13.2. The van der Waals surface area contributed by atoms with Crippen LogP contribution in [0.5, 0.6) is 11.5 Å². The van der Waals surface area contributed by atoms with Gasteiger partial charge in [0, 0.05) is 64.7 Å². The highest BCUT2D eigenvalue weighted by Gasteiger charge is 2.26. The van der Waals surface area contributed by atoms with Crippen LogP contribution in [-0.4, -0.2) is 72.0 Å². The van der Waals surface area contributed by atoms with Gasteiger partial charge in [-0.3, -0.25) is 4.90 Å². The maximum absolute atomic E-state index is 13.4. The lowest BCUT2D eigenvalue weighted by atomic mass is 10.0. The largest absolute Gasteiger partial charge is 0.493 e. The van der Waals surface area contributed by atoms with Gasteiger partial charge in [-0.05, 0) is 59.7 Å². The van der Waals surface area contributed by atoms with Crippen molar-refractivity contribution < 1.29 is 18.7 Å². The molecule has 0 aromatic heterocycles. The Balaban J connectivity index is 1.39. The highest BCUT2D eigenvalue weighted by atomic mass is 19.1. The van der Waals surface area contributed by atoms with Gasteiger partial charge in [0.25, 0.3) is 0 Å². The number of carbonyl (C=O) groups excluding carboxylic acids is 1.